The summed E-state index contributed by atoms with van der Waals surface area (Å²) in [5, 5.41) is 2.64. The number of hydrogen-bond donors (Lipinski definition) is 1. The molecule has 1 aliphatic rings. The molecule has 0 aromatic heterocycles. The Kier molecular flexibility index (Phi) is 3.55. The summed E-state index contributed by atoms with van der Waals surface area (Å²) in [5.41, 5.74) is -0.730. The van der Waals surface area contributed by atoms with Crippen LogP contribution >= 0.6 is 0 Å². The van der Waals surface area contributed by atoms with Crippen LogP contribution in [0.2, 0.25) is 0 Å². The molecule has 1 amide bonds. The van der Waals surface area contributed by atoms with Gasteiger partial charge in [0.2, 0.25) is 5.91 Å². The number of carbonyl (C=O) groups excluding carboxylic acids is 3. The van der Waals surface area contributed by atoms with Crippen LogP contribution in [0, 0.1) is 5.41 Å². The molecule has 4 nitrogen and oxygen atoms in total. The van der Waals surface area contributed by atoms with E-state index in [4.69, 9.17) is 0 Å². The van der Waals surface area contributed by atoms with Crippen molar-refractivity contribution < 1.29 is 14.4 Å². The first-order valence-corrected chi connectivity index (χ1v) is 6.00. The standard InChI is InChI=1S/C14H15NO3/c16-9-14(10-17)12(7-4-8-15-13(14)18)11-5-2-1-3-6-11/h1-3,5-6,9-10,12H,4,7-8H2,(H,15,18). The van der Waals surface area contributed by atoms with Gasteiger partial charge in [0.15, 0.2) is 5.41 Å². The summed E-state index contributed by atoms with van der Waals surface area (Å²) < 4.78 is 0. The average molecular weight is 245 g/mol. The lowest BCUT2D eigenvalue weighted by Crippen LogP contribution is -2.45. The van der Waals surface area contributed by atoms with Crippen LogP contribution in [0.25, 0.3) is 0 Å². The maximum Gasteiger partial charge on any atom is 0.241 e. The number of nitrogens with one attached hydrogen (secondary N) is 1. The fraction of sp³-hybridized carbons (Fsp3) is 0.357. The Bertz CT molecular complexity index is 447. The average Bonchev–Trinajstić information content (AvgIpc) is 2.59. The molecule has 1 unspecified atom stereocenters. The Morgan fingerprint density at radius 2 is 1.83 bits per heavy atom. The third-order valence-electron chi connectivity index (χ3n) is 3.52. The highest BCUT2D eigenvalue weighted by Crippen LogP contribution is 2.38. The molecule has 94 valence electrons. The van der Waals surface area contributed by atoms with Gasteiger partial charge in [-0.3, -0.25) is 4.79 Å². The highest BCUT2D eigenvalue weighted by Gasteiger charge is 2.47. The predicted molar refractivity (Wildman–Crippen MR) is 66.0 cm³/mol. The number of aldehydes is 2. The molecule has 1 aliphatic heterocycles. The van der Waals surface area contributed by atoms with E-state index in [9.17, 15) is 14.4 Å². The molecule has 2 rings (SSSR count). The predicted octanol–water partition coefficient (Wildman–Crippen LogP) is 1.06. The fourth-order valence-corrected chi connectivity index (χ4v) is 2.49. The molecule has 0 saturated carbocycles. The minimum absolute atomic E-state index is 0.379. The first-order valence-electron chi connectivity index (χ1n) is 6.00. The lowest BCUT2D eigenvalue weighted by Gasteiger charge is -2.28. The van der Waals surface area contributed by atoms with Crippen molar-refractivity contribution in [2.45, 2.75) is 18.8 Å². The smallest absolute Gasteiger partial charge is 0.241 e. The molecule has 1 heterocycles. The molecule has 1 aromatic carbocycles. The number of benzene rings is 1. The summed E-state index contributed by atoms with van der Waals surface area (Å²) in [5.74, 6) is -0.866. The van der Waals surface area contributed by atoms with E-state index >= 15 is 0 Å². The largest absolute Gasteiger partial charge is 0.355 e. The number of carbonyl (C=O) groups is 3. The number of rotatable bonds is 3. The van der Waals surface area contributed by atoms with Gasteiger partial charge in [0.25, 0.3) is 0 Å². The quantitative estimate of drug-likeness (QED) is 0.640. The van der Waals surface area contributed by atoms with Crippen LogP contribution in [0.3, 0.4) is 0 Å². The van der Waals surface area contributed by atoms with Gasteiger partial charge in [0.1, 0.15) is 12.6 Å². The second-order valence-electron chi connectivity index (χ2n) is 4.53. The van der Waals surface area contributed by atoms with Gasteiger partial charge in [0, 0.05) is 12.5 Å². The first kappa shape index (κ1) is 12.5. The maximum absolute atomic E-state index is 12.0. The van der Waals surface area contributed by atoms with Crippen molar-refractivity contribution in [1.29, 1.82) is 0 Å². The van der Waals surface area contributed by atoms with Crippen molar-refractivity contribution >= 4 is 18.5 Å². The zero-order valence-corrected chi connectivity index (χ0v) is 9.96. The van der Waals surface area contributed by atoms with E-state index in [1.807, 2.05) is 30.3 Å². The molecule has 4 heteroatoms. The maximum atomic E-state index is 12.0. The van der Waals surface area contributed by atoms with Crippen molar-refractivity contribution in [2.75, 3.05) is 6.54 Å². The summed E-state index contributed by atoms with van der Waals surface area (Å²) in [4.78, 5) is 34.7. The van der Waals surface area contributed by atoms with Gasteiger partial charge in [0.05, 0.1) is 0 Å². The molecular formula is C14H15NO3. The van der Waals surface area contributed by atoms with Crippen LogP contribution in [0.1, 0.15) is 24.3 Å². The lowest BCUT2D eigenvalue weighted by atomic mass is 9.72. The Morgan fingerprint density at radius 3 is 2.44 bits per heavy atom. The lowest BCUT2D eigenvalue weighted by molar-refractivity contribution is -0.141. The number of hydrogen-bond acceptors (Lipinski definition) is 3. The van der Waals surface area contributed by atoms with E-state index in [0.717, 1.165) is 12.0 Å². The summed E-state index contributed by atoms with van der Waals surface area (Å²) >= 11 is 0. The van der Waals surface area contributed by atoms with Crippen LogP contribution in [0.4, 0.5) is 0 Å². The van der Waals surface area contributed by atoms with E-state index in [1.54, 1.807) is 0 Å². The molecule has 1 N–H and O–H groups in total. The Morgan fingerprint density at radius 1 is 1.17 bits per heavy atom. The zero-order chi connectivity index (χ0) is 13.0. The molecule has 1 fully saturated rings. The third kappa shape index (κ3) is 1.94. The summed E-state index contributed by atoms with van der Waals surface area (Å²) in [6, 6.07) is 9.26. The highest BCUT2D eigenvalue weighted by molar-refractivity contribution is 6.11. The van der Waals surface area contributed by atoms with Crippen LogP contribution < -0.4 is 5.32 Å². The van der Waals surface area contributed by atoms with Gasteiger partial charge in [-0.05, 0) is 18.4 Å². The number of amides is 1. The molecule has 18 heavy (non-hydrogen) atoms. The van der Waals surface area contributed by atoms with Gasteiger partial charge >= 0.3 is 0 Å². The molecular weight excluding hydrogens is 230 g/mol. The Labute approximate surface area is 105 Å². The van der Waals surface area contributed by atoms with Crippen LogP contribution in [0.15, 0.2) is 30.3 Å². The van der Waals surface area contributed by atoms with Gasteiger partial charge in [-0.15, -0.1) is 0 Å². The summed E-state index contributed by atoms with van der Waals surface area (Å²) in [6.45, 7) is 0.506. The van der Waals surface area contributed by atoms with Crippen molar-refractivity contribution in [3.05, 3.63) is 35.9 Å². The van der Waals surface area contributed by atoms with E-state index in [0.29, 0.717) is 25.5 Å². The van der Waals surface area contributed by atoms with E-state index in [-0.39, 0.29) is 5.92 Å². The van der Waals surface area contributed by atoms with Crippen molar-refractivity contribution in [1.82, 2.24) is 5.32 Å². The Balaban J connectivity index is 2.50. The molecule has 1 aromatic rings. The van der Waals surface area contributed by atoms with Gasteiger partial charge < -0.3 is 14.9 Å². The van der Waals surface area contributed by atoms with Crippen LogP contribution in [-0.4, -0.2) is 25.0 Å². The fourth-order valence-electron chi connectivity index (χ4n) is 2.49. The third-order valence-corrected chi connectivity index (χ3v) is 3.52. The van der Waals surface area contributed by atoms with Crippen molar-refractivity contribution in [3.63, 3.8) is 0 Å². The minimum atomic E-state index is -1.59. The first-order chi connectivity index (χ1) is 8.74. The molecule has 0 aliphatic carbocycles. The van der Waals surface area contributed by atoms with Gasteiger partial charge in [-0.25, -0.2) is 0 Å². The van der Waals surface area contributed by atoms with E-state index in [1.165, 1.54) is 0 Å². The molecule has 0 bridgehead atoms. The van der Waals surface area contributed by atoms with Crippen LogP contribution in [0.5, 0.6) is 0 Å². The van der Waals surface area contributed by atoms with Gasteiger partial charge in [-0.1, -0.05) is 30.3 Å². The molecule has 0 spiro atoms. The highest BCUT2D eigenvalue weighted by atomic mass is 16.2. The van der Waals surface area contributed by atoms with Crippen molar-refractivity contribution in [2.24, 2.45) is 5.41 Å². The Hall–Kier alpha value is -1.97. The van der Waals surface area contributed by atoms with Crippen LogP contribution in [-0.2, 0) is 14.4 Å². The summed E-state index contributed by atoms with van der Waals surface area (Å²) in [7, 11) is 0. The van der Waals surface area contributed by atoms with Crippen molar-refractivity contribution in [3.8, 4) is 0 Å². The molecule has 1 saturated heterocycles. The minimum Gasteiger partial charge on any atom is -0.355 e. The normalized spacial score (nSPS) is 22.7. The molecule has 0 radical (unpaired) electrons. The molecule has 1 atom stereocenters. The monoisotopic (exact) mass is 245 g/mol. The SMILES string of the molecule is O=CC1(C=O)C(=O)NCCCC1c1ccccc1. The summed E-state index contributed by atoms with van der Waals surface area (Å²) in [6.07, 6.45) is 2.37. The van der Waals surface area contributed by atoms with Gasteiger partial charge in [-0.2, -0.15) is 0 Å². The zero-order valence-electron chi connectivity index (χ0n) is 9.96. The second-order valence-corrected chi connectivity index (χ2v) is 4.53. The van der Waals surface area contributed by atoms with E-state index < -0.39 is 11.3 Å². The second kappa shape index (κ2) is 5.12. The topological polar surface area (TPSA) is 63.2 Å². The van der Waals surface area contributed by atoms with E-state index in [2.05, 4.69) is 5.32 Å².